The number of hydrogen-bond donors (Lipinski definition) is 1. The zero-order valence-corrected chi connectivity index (χ0v) is 13.0. The molecule has 0 amide bonds. The van der Waals surface area contributed by atoms with Crippen molar-refractivity contribution in [3.8, 4) is 0 Å². The second-order valence-electron chi connectivity index (χ2n) is 5.41. The summed E-state index contributed by atoms with van der Waals surface area (Å²) in [4.78, 5) is 0. The van der Waals surface area contributed by atoms with Crippen LogP contribution in [0.15, 0.2) is 30.5 Å². The molecule has 2 rings (SSSR count). The lowest BCUT2D eigenvalue weighted by Crippen LogP contribution is -2.09. The van der Waals surface area contributed by atoms with Gasteiger partial charge in [-0.05, 0) is 56.0 Å². The Labute approximate surface area is 122 Å². The number of nitrogens with one attached hydrogen (secondary N) is 1. The lowest BCUT2D eigenvalue weighted by molar-refractivity contribution is 0.426. The number of benzene rings is 1. The van der Waals surface area contributed by atoms with Gasteiger partial charge in [-0.3, -0.25) is 4.68 Å². The van der Waals surface area contributed by atoms with Gasteiger partial charge in [-0.1, -0.05) is 19.9 Å². The van der Waals surface area contributed by atoms with Crippen LogP contribution in [-0.4, -0.2) is 9.78 Å². The summed E-state index contributed by atoms with van der Waals surface area (Å²) >= 11 is 0. The van der Waals surface area contributed by atoms with E-state index in [9.17, 15) is 0 Å². The van der Waals surface area contributed by atoms with Crippen LogP contribution in [0.4, 0.5) is 5.69 Å². The second-order valence-corrected chi connectivity index (χ2v) is 5.41. The predicted molar refractivity (Wildman–Crippen MR) is 85.1 cm³/mol. The molecule has 2 aromatic rings. The molecule has 0 saturated heterocycles. The van der Waals surface area contributed by atoms with Gasteiger partial charge in [0.05, 0.1) is 18.3 Å². The van der Waals surface area contributed by atoms with Crippen LogP contribution in [-0.2, 0) is 6.54 Å². The highest BCUT2D eigenvalue weighted by atomic mass is 15.3. The highest BCUT2D eigenvalue weighted by Gasteiger charge is 2.07. The van der Waals surface area contributed by atoms with E-state index in [1.807, 2.05) is 0 Å². The first-order chi connectivity index (χ1) is 9.63. The summed E-state index contributed by atoms with van der Waals surface area (Å²) in [5.74, 6) is 0. The molecular formula is C17H25N3. The van der Waals surface area contributed by atoms with Crippen LogP contribution in [0.2, 0.25) is 0 Å². The van der Waals surface area contributed by atoms with Crippen molar-refractivity contribution < 1.29 is 0 Å². The number of rotatable bonds is 6. The Bertz CT molecular complexity index is 553. The van der Waals surface area contributed by atoms with Crippen molar-refractivity contribution in [2.75, 3.05) is 5.32 Å². The molecule has 1 heterocycles. The molecule has 0 aliphatic heterocycles. The fourth-order valence-electron chi connectivity index (χ4n) is 2.38. The number of aryl methyl sites for hydroxylation is 2. The fraction of sp³-hybridized carbons (Fsp3) is 0.471. The van der Waals surface area contributed by atoms with E-state index in [1.165, 1.54) is 11.1 Å². The third-order valence-corrected chi connectivity index (χ3v) is 3.96. The molecule has 0 atom stereocenters. The van der Waals surface area contributed by atoms with Crippen molar-refractivity contribution in [2.24, 2.45) is 0 Å². The van der Waals surface area contributed by atoms with Crippen LogP contribution in [0, 0.1) is 13.8 Å². The van der Waals surface area contributed by atoms with E-state index in [1.54, 1.807) is 0 Å². The minimum Gasteiger partial charge on any atom is -0.379 e. The van der Waals surface area contributed by atoms with Gasteiger partial charge in [-0.2, -0.15) is 5.10 Å². The Hall–Kier alpha value is -1.77. The molecule has 0 unspecified atom stereocenters. The Morgan fingerprint density at radius 1 is 1.10 bits per heavy atom. The van der Waals surface area contributed by atoms with Crippen LogP contribution in [0.5, 0.6) is 0 Å². The molecule has 0 aliphatic rings. The number of aromatic nitrogens is 2. The van der Waals surface area contributed by atoms with Gasteiger partial charge in [0, 0.05) is 11.9 Å². The summed E-state index contributed by atoms with van der Waals surface area (Å²) < 4.78 is 2.09. The first-order valence-corrected chi connectivity index (χ1v) is 7.49. The summed E-state index contributed by atoms with van der Waals surface area (Å²) in [7, 11) is 0. The maximum atomic E-state index is 4.66. The lowest BCUT2D eigenvalue weighted by atomic mass is 10.1. The van der Waals surface area contributed by atoms with E-state index >= 15 is 0 Å². The molecule has 0 aliphatic carbocycles. The molecule has 0 radical (unpaired) electrons. The quantitative estimate of drug-likeness (QED) is 0.840. The third-order valence-electron chi connectivity index (χ3n) is 3.96. The summed E-state index contributed by atoms with van der Waals surface area (Å²) in [5.41, 5.74) is 4.89. The van der Waals surface area contributed by atoms with Crippen molar-refractivity contribution in [2.45, 2.75) is 53.1 Å². The van der Waals surface area contributed by atoms with Gasteiger partial charge < -0.3 is 5.32 Å². The standard InChI is InChI=1S/C17H25N3/c1-5-17(6-2)20-10-9-16(19-20)12-18-15-8-7-13(3)14(4)11-15/h7-11,17-18H,5-6,12H2,1-4H3. The van der Waals surface area contributed by atoms with Crippen LogP contribution < -0.4 is 5.32 Å². The molecule has 0 saturated carbocycles. The van der Waals surface area contributed by atoms with Gasteiger partial charge in [0.2, 0.25) is 0 Å². The Morgan fingerprint density at radius 2 is 1.85 bits per heavy atom. The molecule has 1 aromatic heterocycles. The average molecular weight is 271 g/mol. The summed E-state index contributed by atoms with van der Waals surface area (Å²) in [6.45, 7) is 9.47. The van der Waals surface area contributed by atoms with Gasteiger partial charge in [-0.25, -0.2) is 0 Å². The number of hydrogen-bond acceptors (Lipinski definition) is 2. The second kappa shape index (κ2) is 6.60. The highest BCUT2D eigenvalue weighted by molar-refractivity contribution is 5.48. The van der Waals surface area contributed by atoms with Crippen LogP contribution in [0.25, 0.3) is 0 Å². The van der Waals surface area contributed by atoms with Crippen molar-refractivity contribution in [1.29, 1.82) is 0 Å². The van der Waals surface area contributed by atoms with Crippen LogP contribution >= 0.6 is 0 Å². The van der Waals surface area contributed by atoms with Gasteiger partial charge >= 0.3 is 0 Å². The zero-order valence-electron chi connectivity index (χ0n) is 13.0. The maximum Gasteiger partial charge on any atom is 0.0815 e. The lowest BCUT2D eigenvalue weighted by Gasteiger charge is -2.12. The van der Waals surface area contributed by atoms with Crippen LogP contribution in [0.1, 0.15) is 49.6 Å². The van der Waals surface area contributed by atoms with Gasteiger partial charge in [0.1, 0.15) is 0 Å². The molecule has 0 fully saturated rings. The molecule has 1 aromatic carbocycles. The Kier molecular flexibility index (Phi) is 4.83. The smallest absolute Gasteiger partial charge is 0.0815 e. The molecule has 3 heteroatoms. The van der Waals surface area contributed by atoms with Crippen molar-refractivity contribution in [3.63, 3.8) is 0 Å². The summed E-state index contributed by atoms with van der Waals surface area (Å²) in [6, 6.07) is 9.09. The SMILES string of the molecule is CCC(CC)n1ccc(CNc2ccc(C)c(C)c2)n1. The largest absolute Gasteiger partial charge is 0.379 e. The first-order valence-electron chi connectivity index (χ1n) is 7.49. The van der Waals surface area contributed by atoms with Crippen molar-refractivity contribution in [3.05, 3.63) is 47.3 Å². The fourth-order valence-corrected chi connectivity index (χ4v) is 2.38. The average Bonchev–Trinajstić information content (AvgIpc) is 2.90. The van der Waals surface area contributed by atoms with Crippen molar-refractivity contribution in [1.82, 2.24) is 9.78 Å². The van der Waals surface area contributed by atoms with E-state index in [0.717, 1.165) is 30.8 Å². The third kappa shape index (κ3) is 3.41. The predicted octanol–water partition coefficient (Wildman–Crippen LogP) is 4.47. The van der Waals surface area contributed by atoms with Crippen molar-refractivity contribution >= 4 is 5.69 Å². The molecule has 108 valence electrons. The highest BCUT2D eigenvalue weighted by Crippen LogP contribution is 2.17. The van der Waals surface area contributed by atoms with E-state index < -0.39 is 0 Å². The summed E-state index contributed by atoms with van der Waals surface area (Å²) in [6.07, 6.45) is 4.35. The zero-order chi connectivity index (χ0) is 14.5. The van der Waals surface area contributed by atoms with E-state index in [4.69, 9.17) is 0 Å². The summed E-state index contributed by atoms with van der Waals surface area (Å²) in [5, 5.41) is 8.10. The maximum absolute atomic E-state index is 4.66. The minimum atomic E-state index is 0.519. The van der Waals surface area contributed by atoms with Crippen LogP contribution in [0.3, 0.4) is 0 Å². The Morgan fingerprint density at radius 3 is 2.50 bits per heavy atom. The normalized spacial score (nSPS) is 11.1. The molecule has 1 N–H and O–H groups in total. The van der Waals surface area contributed by atoms with E-state index in [0.29, 0.717) is 6.04 Å². The monoisotopic (exact) mass is 271 g/mol. The molecule has 0 bridgehead atoms. The van der Waals surface area contributed by atoms with E-state index in [2.05, 4.69) is 73.3 Å². The van der Waals surface area contributed by atoms with Gasteiger partial charge in [0.15, 0.2) is 0 Å². The number of nitrogens with zero attached hydrogens (tertiary/aromatic N) is 2. The minimum absolute atomic E-state index is 0.519. The molecule has 0 spiro atoms. The molecule has 20 heavy (non-hydrogen) atoms. The topological polar surface area (TPSA) is 29.9 Å². The van der Waals surface area contributed by atoms with E-state index in [-0.39, 0.29) is 0 Å². The number of anilines is 1. The van der Waals surface area contributed by atoms with Gasteiger partial charge in [-0.15, -0.1) is 0 Å². The Balaban J connectivity index is 1.98. The molecule has 3 nitrogen and oxygen atoms in total. The molecular weight excluding hydrogens is 246 g/mol. The van der Waals surface area contributed by atoms with Gasteiger partial charge in [0.25, 0.3) is 0 Å². The first kappa shape index (κ1) is 14.6.